The van der Waals surface area contributed by atoms with Gasteiger partial charge in [0.2, 0.25) is 0 Å². The molecular formula is C19H19N9O2. The summed E-state index contributed by atoms with van der Waals surface area (Å²) in [7, 11) is 0. The smallest absolute Gasteiger partial charge is 0.284 e. The topological polar surface area (TPSA) is 140 Å². The van der Waals surface area contributed by atoms with Gasteiger partial charge in [-0.3, -0.25) is 4.79 Å². The first kappa shape index (κ1) is 18.1. The van der Waals surface area contributed by atoms with Gasteiger partial charge in [0.15, 0.2) is 17.2 Å². The van der Waals surface area contributed by atoms with E-state index in [9.17, 15) is 4.79 Å². The van der Waals surface area contributed by atoms with Gasteiger partial charge in [-0.25, -0.2) is 19.5 Å². The van der Waals surface area contributed by atoms with Crippen molar-refractivity contribution in [2.24, 2.45) is 5.73 Å². The number of furan rings is 1. The molecule has 152 valence electrons. The molecule has 1 aliphatic heterocycles. The molecule has 0 aliphatic carbocycles. The zero-order valence-corrected chi connectivity index (χ0v) is 15.9. The summed E-state index contributed by atoms with van der Waals surface area (Å²) in [6, 6.07) is 5.49. The van der Waals surface area contributed by atoms with Gasteiger partial charge in [-0.2, -0.15) is 5.10 Å². The summed E-state index contributed by atoms with van der Waals surface area (Å²) in [6.45, 7) is 3.80. The number of nitrogens with one attached hydrogen (secondary N) is 2. The van der Waals surface area contributed by atoms with Crippen LogP contribution >= 0.6 is 0 Å². The summed E-state index contributed by atoms with van der Waals surface area (Å²) in [6.07, 6.45) is 6.27. The van der Waals surface area contributed by atoms with Crippen LogP contribution in [0.25, 0.3) is 16.9 Å². The number of carbonyl (C=O) groups is 1. The Kier molecular flexibility index (Phi) is 4.48. The van der Waals surface area contributed by atoms with Crippen LogP contribution in [0.5, 0.6) is 0 Å². The lowest BCUT2D eigenvalue weighted by Gasteiger charge is -2.28. The van der Waals surface area contributed by atoms with Crippen LogP contribution in [0.2, 0.25) is 0 Å². The molecule has 11 heteroatoms. The summed E-state index contributed by atoms with van der Waals surface area (Å²) >= 11 is 0. The number of hydrogen-bond donors (Lipinski definition) is 3. The van der Waals surface area contributed by atoms with Crippen molar-refractivity contribution in [2.75, 3.05) is 36.4 Å². The molecule has 0 bridgehead atoms. The molecule has 1 aliphatic rings. The molecule has 4 aromatic heterocycles. The van der Waals surface area contributed by atoms with Crippen molar-refractivity contribution in [3.8, 4) is 11.3 Å². The Labute approximate surface area is 170 Å². The van der Waals surface area contributed by atoms with Crippen LogP contribution < -0.4 is 21.3 Å². The number of nitrogens with two attached hydrogens (primary N) is 1. The SMILES string of the molecule is NC(=O)c1cc(-c2cnc(Nc3ccc(N4CCNCC4)nc3)c3ncnn23)co1. The summed E-state index contributed by atoms with van der Waals surface area (Å²) in [5, 5.41) is 10.8. The van der Waals surface area contributed by atoms with Crippen molar-refractivity contribution in [1.82, 2.24) is 29.9 Å². The van der Waals surface area contributed by atoms with Crippen molar-refractivity contribution >= 4 is 28.9 Å². The molecule has 1 amide bonds. The van der Waals surface area contributed by atoms with Crippen molar-refractivity contribution in [1.29, 1.82) is 0 Å². The quantitative estimate of drug-likeness (QED) is 0.444. The number of pyridine rings is 1. The van der Waals surface area contributed by atoms with E-state index >= 15 is 0 Å². The Morgan fingerprint density at radius 1 is 1.17 bits per heavy atom. The third kappa shape index (κ3) is 3.31. The predicted octanol–water partition coefficient (Wildman–Crippen LogP) is 1.03. The number of nitrogens with zero attached hydrogens (tertiary/aromatic N) is 6. The summed E-state index contributed by atoms with van der Waals surface area (Å²) in [5.74, 6) is 0.907. The number of hydrogen-bond acceptors (Lipinski definition) is 9. The van der Waals surface area contributed by atoms with Crippen LogP contribution in [0.15, 0.2) is 47.6 Å². The highest BCUT2D eigenvalue weighted by molar-refractivity contribution is 5.91. The van der Waals surface area contributed by atoms with E-state index in [0.717, 1.165) is 37.7 Å². The standard InChI is InChI=1S/C19H19N9O2/c20-17(29)15-7-12(10-30-15)14-9-23-18(19-24-11-25-28(14)19)26-13-1-2-16(22-8-13)27-5-3-21-4-6-27/h1-2,7-11,21H,3-6H2,(H2,20,29)(H,23,26). The number of aromatic nitrogens is 5. The first-order valence-electron chi connectivity index (χ1n) is 9.45. The fraction of sp³-hybridized carbons (Fsp3) is 0.211. The van der Waals surface area contributed by atoms with Crippen LogP contribution in [-0.4, -0.2) is 56.7 Å². The van der Waals surface area contributed by atoms with Crippen LogP contribution in [0, 0.1) is 0 Å². The van der Waals surface area contributed by atoms with E-state index in [1.165, 1.54) is 12.6 Å². The number of fused-ring (bicyclic) bond motifs is 1. The second-order valence-electron chi connectivity index (χ2n) is 6.82. The molecule has 4 N–H and O–H groups in total. The van der Waals surface area contributed by atoms with Crippen molar-refractivity contribution in [2.45, 2.75) is 0 Å². The molecule has 5 heterocycles. The number of piperazine rings is 1. The van der Waals surface area contributed by atoms with Gasteiger partial charge < -0.3 is 25.7 Å². The second kappa shape index (κ2) is 7.44. The average molecular weight is 405 g/mol. The molecule has 0 radical (unpaired) electrons. The Hall–Kier alpha value is -3.99. The van der Waals surface area contributed by atoms with E-state index in [0.29, 0.717) is 22.7 Å². The zero-order chi connectivity index (χ0) is 20.5. The molecular weight excluding hydrogens is 386 g/mol. The van der Waals surface area contributed by atoms with E-state index in [2.05, 4.69) is 35.6 Å². The minimum atomic E-state index is -0.640. The molecule has 0 atom stereocenters. The zero-order valence-electron chi connectivity index (χ0n) is 15.9. The fourth-order valence-electron chi connectivity index (χ4n) is 3.38. The predicted molar refractivity (Wildman–Crippen MR) is 110 cm³/mol. The van der Waals surface area contributed by atoms with Gasteiger partial charge in [0, 0.05) is 31.7 Å². The summed E-state index contributed by atoms with van der Waals surface area (Å²) in [5.41, 5.74) is 7.83. The Morgan fingerprint density at radius 3 is 2.77 bits per heavy atom. The molecule has 0 spiro atoms. The monoisotopic (exact) mass is 405 g/mol. The lowest BCUT2D eigenvalue weighted by Crippen LogP contribution is -2.43. The number of amides is 1. The van der Waals surface area contributed by atoms with E-state index in [1.54, 1.807) is 23.0 Å². The maximum Gasteiger partial charge on any atom is 0.284 e. The van der Waals surface area contributed by atoms with Crippen molar-refractivity contribution < 1.29 is 9.21 Å². The molecule has 30 heavy (non-hydrogen) atoms. The number of primary amides is 1. The van der Waals surface area contributed by atoms with Gasteiger partial charge in [-0.15, -0.1) is 0 Å². The highest BCUT2D eigenvalue weighted by atomic mass is 16.3. The van der Waals surface area contributed by atoms with E-state index in [1.807, 2.05) is 12.1 Å². The third-order valence-corrected chi connectivity index (χ3v) is 4.89. The third-order valence-electron chi connectivity index (χ3n) is 4.89. The van der Waals surface area contributed by atoms with Gasteiger partial charge in [0.1, 0.15) is 18.4 Å². The second-order valence-corrected chi connectivity index (χ2v) is 6.82. The molecule has 0 aromatic carbocycles. The van der Waals surface area contributed by atoms with Gasteiger partial charge in [0.05, 0.1) is 23.8 Å². The normalized spacial score (nSPS) is 14.2. The van der Waals surface area contributed by atoms with E-state index in [4.69, 9.17) is 10.2 Å². The maximum atomic E-state index is 11.3. The molecule has 5 rings (SSSR count). The van der Waals surface area contributed by atoms with Crippen molar-refractivity contribution in [3.05, 3.63) is 48.9 Å². The Morgan fingerprint density at radius 2 is 2.03 bits per heavy atom. The lowest BCUT2D eigenvalue weighted by molar-refractivity contribution is 0.0974. The molecule has 1 saturated heterocycles. The van der Waals surface area contributed by atoms with Crippen LogP contribution in [0.3, 0.4) is 0 Å². The maximum absolute atomic E-state index is 11.3. The highest BCUT2D eigenvalue weighted by Crippen LogP contribution is 2.26. The highest BCUT2D eigenvalue weighted by Gasteiger charge is 2.16. The average Bonchev–Trinajstić information content (AvgIpc) is 3.46. The van der Waals surface area contributed by atoms with Crippen LogP contribution in [-0.2, 0) is 0 Å². The van der Waals surface area contributed by atoms with Crippen LogP contribution in [0.4, 0.5) is 17.3 Å². The number of rotatable bonds is 5. The summed E-state index contributed by atoms with van der Waals surface area (Å²) < 4.78 is 6.82. The molecule has 4 aromatic rings. The number of carbonyl (C=O) groups excluding carboxylic acids is 1. The lowest BCUT2D eigenvalue weighted by atomic mass is 10.2. The molecule has 11 nitrogen and oxygen atoms in total. The minimum Gasteiger partial charge on any atom is -0.458 e. The van der Waals surface area contributed by atoms with Gasteiger partial charge in [-0.1, -0.05) is 0 Å². The first-order valence-corrected chi connectivity index (χ1v) is 9.45. The Bertz CT molecular complexity index is 1190. The first-order chi connectivity index (χ1) is 14.7. The Balaban J connectivity index is 1.41. The van der Waals surface area contributed by atoms with Gasteiger partial charge in [0.25, 0.3) is 5.91 Å². The molecule has 0 saturated carbocycles. The van der Waals surface area contributed by atoms with E-state index in [-0.39, 0.29) is 5.76 Å². The molecule has 1 fully saturated rings. The van der Waals surface area contributed by atoms with E-state index < -0.39 is 5.91 Å². The fourth-order valence-corrected chi connectivity index (χ4v) is 3.38. The molecule has 0 unspecified atom stereocenters. The van der Waals surface area contributed by atoms with Crippen LogP contribution in [0.1, 0.15) is 10.6 Å². The minimum absolute atomic E-state index is 0.0658. The van der Waals surface area contributed by atoms with Gasteiger partial charge in [-0.05, 0) is 18.2 Å². The van der Waals surface area contributed by atoms with Crippen molar-refractivity contribution in [3.63, 3.8) is 0 Å². The largest absolute Gasteiger partial charge is 0.458 e. The van der Waals surface area contributed by atoms with Gasteiger partial charge >= 0.3 is 0 Å². The summed E-state index contributed by atoms with van der Waals surface area (Å²) in [4.78, 5) is 26.9. The number of anilines is 3.